The average molecular weight is 281 g/mol. The SMILES string of the molecule is CCc1nc2c(C(C)C)nn(CC(=O)O)c(=O)c2s1. The smallest absolute Gasteiger partial charge is 0.325 e. The summed E-state index contributed by atoms with van der Waals surface area (Å²) in [6.07, 6.45) is 0.745. The number of carboxylic acids is 1. The normalized spacial score (nSPS) is 11.4. The van der Waals surface area contributed by atoms with E-state index < -0.39 is 12.5 Å². The van der Waals surface area contributed by atoms with Crippen LogP contribution in [-0.2, 0) is 17.8 Å². The molecule has 0 unspecified atom stereocenters. The van der Waals surface area contributed by atoms with Gasteiger partial charge in [0.05, 0.1) is 10.7 Å². The van der Waals surface area contributed by atoms with Gasteiger partial charge < -0.3 is 5.11 Å². The highest BCUT2D eigenvalue weighted by Gasteiger charge is 2.18. The molecule has 2 aromatic rings. The van der Waals surface area contributed by atoms with Crippen molar-refractivity contribution < 1.29 is 9.90 Å². The molecule has 0 aromatic carbocycles. The molecular weight excluding hydrogens is 266 g/mol. The molecular formula is C12H15N3O3S. The van der Waals surface area contributed by atoms with Crippen molar-refractivity contribution in [1.82, 2.24) is 14.8 Å². The number of thiazole rings is 1. The molecule has 0 saturated heterocycles. The van der Waals surface area contributed by atoms with Crippen LogP contribution in [0, 0.1) is 0 Å². The third kappa shape index (κ3) is 2.51. The van der Waals surface area contributed by atoms with Gasteiger partial charge in [0, 0.05) is 0 Å². The Kier molecular flexibility index (Phi) is 3.66. The predicted molar refractivity (Wildman–Crippen MR) is 72.8 cm³/mol. The van der Waals surface area contributed by atoms with E-state index in [1.807, 2.05) is 20.8 Å². The largest absolute Gasteiger partial charge is 0.480 e. The number of fused-ring (bicyclic) bond motifs is 1. The Labute approximate surface area is 113 Å². The number of rotatable bonds is 4. The maximum Gasteiger partial charge on any atom is 0.325 e. The summed E-state index contributed by atoms with van der Waals surface area (Å²) in [5, 5.41) is 13.9. The number of aromatic nitrogens is 3. The maximum absolute atomic E-state index is 12.2. The van der Waals surface area contributed by atoms with Gasteiger partial charge in [0.1, 0.15) is 16.8 Å². The van der Waals surface area contributed by atoms with E-state index in [1.165, 1.54) is 11.3 Å². The van der Waals surface area contributed by atoms with Crippen LogP contribution in [0.15, 0.2) is 4.79 Å². The van der Waals surface area contributed by atoms with Gasteiger partial charge in [-0.2, -0.15) is 5.10 Å². The van der Waals surface area contributed by atoms with E-state index in [-0.39, 0.29) is 11.5 Å². The van der Waals surface area contributed by atoms with E-state index >= 15 is 0 Å². The molecule has 0 amide bonds. The summed E-state index contributed by atoms with van der Waals surface area (Å²) in [4.78, 5) is 27.4. The molecule has 0 bridgehead atoms. The van der Waals surface area contributed by atoms with Crippen molar-refractivity contribution in [2.45, 2.75) is 39.7 Å². The molecule has 1 N–H and O–H groups in total. The summed E-state index contributed by atoms with van der Waals surface area (Å²) in [6, 6.07) is 0. The molecule has 102 valence electrons. The van der Waals surface area contributed by atoms with Gasteiger partial charge >= 0.3 is 5.97 Å². The zero-order chi connectivity index (χ0) is 14.2. The molecule has 7 heteroatoms. The summed E-state index contributed by atoms with van der Waals surface area (Å²) < 4.78 is 1.51. The highest BCUT2D eigenvalue weighted by Crippen LogP contribution is 2.25. The fourth-order valence-electron chi connectivity index (χ4n) is 1.80. The number of nitrogens with zero attached hydrogens (tertiary/aromatic N) is 3. The molecule has 0 atom stereocenters. The lowest BCUT2D eigenvalue weighted by Crippen LogP contribution is -2.27. The molecule has 6 nitrogen and oxygen atoms in total. The van der Waals surface area contributed by atoms with E-state index in [0.29, 0.717) is 15.9 Å². The fourth-order valence-corrected chi connectivity index (χ4v) is 2.75. The van der Waals surface area contributed by atoms with E-state index in [1.54, 1.807) is 0 Å². The van der Waals surface area contributed by atoms with Crippen LogP contribution < -0.4 is 5.56 Å². The van der Waals surface area contributed by atoms with Crippen LogP contribution in [0.2, 0.25) is 0 Å². The fraction of sp³-hybridized carbons (Fsp3) is 0.500. The molecule has 0 aliphatic heterocycles. The van der Waals surface area contributed by atoms with E-state index in [2.05, 4.69) is 10.1 Å². The lowest BCUT2D eigenvalue weighted by Gasteiger charge is -2.08. The van der Waals surface area contributed by atoms with Gasteiger partial charge in [-0.1, -0.05) is 20.8 Å². The number of aryl methyl sites for hydroxylation is 1. The Balaban J connectivity index is 2.76. The molecule has 0 aliphatic carbocycles. The Hall–Kier alpha value is -1.76. The number of carboxylic acid groups (broad SMARTS) is 1. The third-order valence-corrected chi connectivity index (χ3v) is 3.89. The minimum atomic E-state index is -1.08. The summed E-state index contributed by atoms with van der Waals surface area (Å²) >= 11 is 1.32. The molecule has 2 heterocycles. The van der Waals surface area contributed by atoms with E-state index in [4.69, 9.17) is 5.11 Å². The first-order chi connectivity index (χ1) is 8.93. The molecule has 0 fully saturated rings. The van der Waals surface area contributed by atoms with Crippen LogP contribution in [0.5, 0.6) is 0 Å². The van der Waals surface area contributed by atoms with E-state index in [9.17, 15) is 9.59 Å². The standard InChI is InChI=1S/C12H15N3O3S/c1-4-7-13-10-9(6(2)3)14-15(5-8(16)17)12(18)11(10)19-7/h6H,4-5H2,1-3H3,(H,16,17). The van der Waals surface area contributed by atoms with Gasteiger partial charge in [-0.25, -0.2) is 9.67 Å². The second-order valence-electron chi connectivity index (χ2n) is 4.54. The van der Waals surface area contributed by atoms with Gasteiger partial charge in [0.25, 0.3) is 5.56 Å². The highest BCUT2D eigenvalue weighted by molar-refractivity contribution is 7.18. The first-order valence-electron chi connectivity index (χ1n) is 6.06. The quantitative estimate of drug-likeness (QED) is 0.920. The van der Waals surface area contributed by atoms with Gasteiger partial charge in [-0.15, -0.1) is 11.3 Å². The zero-order valence-corrected chi connectivity index (χ0v) is 11.8. The lowest BCUT2D eigenvalue weighted by molar-refractivity contribution is -0.138. The van der Waals surface area contributed by atoms with Crippen LogP contribution in [0.1, 0.15) is 37.4 Å². The van der Waals surface area contributed by atoms with Crippen LogP contribution in [0.25, 0.3) is 10.2 Å². The Morgan fingerprint density at radius 3 is 2.68 bits per heavy atom. The summed E-state index contributed by atoms with van der Waals surface area (Å²) in [5.74, 6) is -1.00. The van der Waals surface area contributed by atoms with Crippen molar-refractivity contribution in [3.8, 4) is 0 Å². The van der Waals surface area contributed by atoms with Crippen LogP contribution in [0.4, 0.5) is 0 Å². The summed E-state index contributed by atoms with van der Waals surface area (Å²) in [5.41, 5.74) is 0.911. The van der Waals surface area contributed by atoms with Crippen LogP contribution >= 0.6 is 11.3 Å². The van der Waals surface area contributed by atoms with Crippen LogP contribution in [0.3, 0.4) is 0 Å². The number of aliphatic carboxylic acids is 1. The van der Waals surface area contributed by atoms with Crippen LogP contribution in [-0.4, -0.2) is 25.8 Å². The summed E-state index contributed by atoms with van der Waals surface area (Å²) in [7, 11) is 0. The number of carbonyl (C=O) groups is 1. The maximum atomic E-state index is 12.2. The van der Waals surface area contributed by atoms with Crippen molar-refractivity contribution in [3.05, 3.63) is 21.1 Å². The lowest BCUT2D eigenvalue weighted by atomic mass is 10.1. The number of hydrogen-bond donors (Lipinski definition) is 1. The van der Waals surface area contributed by atoms with Crippen molar-refractivity contribution in [2.24, 2.45) is 0 Å². The zero-order valence-electron chi connectivity index (χ0n) is 11.0. The first kappa shape index (κ1) is 13.7. The summed E-state index contributed by atoms with van der Waals surface area (Å²) in [6.45, 7) is 5.44. The Morgan fingerprint density at radius 2 is 2.16 bits per heavy atom. The average Bonchev–Trinajstić information content (AvgIpc) is 2.76. The second-order valence-corrected chi connectivity index (χ2v) is 5.62. The van der Waals surface area contributed by atoms with Gasteiger partial charge in [-0.05, 0) is 12.3 Å². The number of hydrogen-bond acceptors (Lipinski definition) is 5. The third-order valence-electron chi connectivity index (χ3n) is 2.71. The minimum Gasteiger partial charge on any atom is -0.480 e. The monoisotopic (exact) mass is 281 g/mol. The van der Waals surface area contributed by atoms with Crippen molar-refractivity contribution in [1.29, 1.82) is 0 Å². The Morgan fingerprint density at radius 1 is 1.47 bits per heavy atom. The second kappa shape index (κ2) is 5.08. The first-order valence-corrected chi connectivity index (χ1v) is 6.87. The molecule has 0 saturated carbocycles. The Bertz CT molecular complexity index is 687. The minimum absolute atomic E-state index is 0.0787. The molecule has 2 rings (SSSR count). The van der Waals surface area contributed by atoms with Crippen molar-refractivity contribution in [2.75, 3.05) is 0 Å². The molecule has 0 spiro atoms. The predicted octanol–water partition coefficient (Wildman–Crippen LogP) is 1.62. The highest BCUT2D eigenvalue weighted by atomic mass is 32.1. The topological polar surface area (TPSA) is 85.1 Å². The van der Waals surface area contributed by atoms with Gasteiger partial charge in [-0.3, -0.25) is 9.59 Å². The van der Waals surface area contributed by atoms with Gasteiger partial charge in [0.15, 0.2) is 0 Å². The van der Waals surface area contributed by atoms with Crippen molar-refractivity contribution >= 4 is 27.5 Å². The van der Waals surface area contributed by atoms with Crippen molar-refractivity contribution in [3.63, 3.8) is 0 Å². The molecule has 0 aliphatic rings. The molecule has 2 aromatic heterocycles. The van der Waals surface area contributed by atoms with E-state index in [0.717, 1.165) is 16.1 Å². The molecule has 0 radical (unpaired) electrons. The van der Waals surface area contributed by atoms with Gasteiger partial charge in [0.2, 0.25) is 0 Å². The molecule has 19 heavy (non-hydrogen) atoms.